The van der Waals surface area contributed by atoms with E-state index in [0.29, 0.717) is 0 Å². The second kappa shape index (κ2) is 9.05. The van der Waals surface area contributed by atoms with Gasteiger partial charge in [-0.1, -0.05) is 36.4 Å². The summed E-state index contributed by atoms with van der Waals surface area (Å²) in [5, 5.41) is 0. The maximum absolute atomic E-state index is 12.7. The summed E-state index contributed by atoms with van der Waals surface area (Å²) in [6, 6.07) is 24.4. The lowest BCUT2D eigenvalue weighted by Crippen LogP contribution is -2.44. The Hall–Kier alpha value is -2.94. The van der Waals surface area contributed by atoms with Crippen molar-refractivity contribution in [3.05, 3.63) is 84.9 Å². The van der Waals surface area contributed by atoms with E-state index in [1.165, 1.54) is 24.3 Å². The number of hydrogen-bond donors (Lipinski definition) is 1. The quantitative estimate of drug-likeness (QED) is 0.197. The van der Waals surface area contributed by atoms with E-state index in [9.17, 15) is 31.1 Å². The molecule has 0 heterocycles. The number of halogens is 6. The second-order valence-corrected chi connectivity index (χ2v) is 8.66. The van der Waals surface area contributed by atoms with Crippen LogP contribution in [-0.2, 0) is 4.79 Å². The number of benzene rings is 3. The first-order valence-corrected chi connectivity index (χ1v) is 10.3. The lowest BCUT2D eigenvalue weighted by molar-refractivity contribution is -0.279. The Bertz CT molecular complexity index is 949. The summed E-state index contributed by atoms with van der Waals surface area (Å²) in [5.74, 6) is -7.02. The normalized spacial score (nSPS) is 12.5. The van der Waals surface area contributed by atoms with Crippen molar-refractivity contribution in [2.45, 2.75) is 27.0 Å². The summed E-state index contributed by atoms with van der Waals surface area (Å²) in [4.78, 5) is 14.4. The first-order valence-electron chi connectivity index (χ1n) is 8.93. The van der Waals surface area contributed by atoms with Crippen molar-refractivity contribution in [2.24, 2.45) is 5.92 Å². The van der Waals surface area contributed by atoms with Gasteiger partial charge in [0.25, 0.3) is 0 Å². The molecule has 0 aromatic heterocycles. The number of carbonyl (C=O) groups is 1. The maximum Gasteiger partial charge on any atom is 0.411 e. The monoisotopic (exact) mass is 458 g/mol. The Balaban J connectivity index is 1.88. The van der Waals surface area contributed by atoms with Gasteiger partial charge in [0, 0.05) is 0 Å². The number of esters is 1. The molecule has 0 saturated heterocycles. The molecular weight excluding hydrogens is 442 g/mol. The van der Waals surface area contributed by atoms with E-state index >= 15 is 0 Å². The molecule has 0 atom stereocenters. The molecule has 164 valence electrons. The smallest absolute Gasteiger partial charge is 0.411 e. The van der Waals surface area contributed by atoms with E-state index in [-0.39, 0.29) is 0 Å². The van der Waals surface area contributed by atoms with Gasteiger partial charge in [-0.3, -0.25) is 4.79 Å². The van der Waals surface area contributed by atoms with E-state index in [2.05, 4.69) is 4.74 Å². The Kier molecular flexibility index (Phi) is 6.64. The molecule has 3 aromatic rings. The molecular formula is C22H16F6O2S. The third-order valence-electron chi connectivity index (χ3n) is 4.23. The van der Waals surface area contributed by atoms with Gasteiger partial charge in [-0.05, 0) is 63.2 Å². The highest BCUT2D eigenvalue weighted by molar-refractivity contribution is 8.17. The molecule has 31 heavy (non-hydrogen) atoms. The van der Waals surface area contributed by atoms with Crippen molar-refractivity contribution in [2.75, 3.05) is 0 Å². The standard InChI is InChI=1S/C22H16F6O2S/c23-21(24,25)19(22(26,27)28)20(29)30-15-11-13-18(14-12-15)31(16-7-3-1-4-8-16)17-9-5-2-6-10-17/h1-14,19,31H. The van der Waals surface area contributed by atoms with Crippen LogP contribution in [0.3, 0.4) is 0 Å². The van der Waals surface area contributed by atoms with Gasteiger partial charge in [-0.25, -0.2) is 0 Å². The van der Waals surface area contributed by atoms with E-state index in [4.69, 9.17) is 0 Å². The van der Waals surface area contributed by atoms with Crippen LogP contribution in [0.5, 0.6) is 5.75 Å². The number of rotatable bonds is 5. The van der Waals surface area contributed by atoms with Crippen LogP contribution in [0.4, 0.5) is 26.3 Å². The first kappa shape index (κ1) is 22.7. The van der Waals surface area contributed by atoms with Gasteiger partial charge < -0.3 is 4.74 Å². The zero-order chi connectivity index (χ0) is 22.6. The maximum atomic E-state index is 12.7. The molecule has 0 bridgehead atoms. The molecule has 0 unspecified atom stereocenters. The minimum Gasteiger partial charge on any atom is -0.426 e. The van der Waals surface area contributed by atoms with Crippen LogP contribution in [0.2, 0.25) is 0 Å². The van der Waals surface area contributed by atoms with E-state index in [1.54, 1.807) is 0 Å². The average Bonchev–Trinajstić information content (AvgIpc) is 2.69. The Morgan fingerprint density at radius 1 is 0.645 bits per heavy atom. The molecule has 0 spiro atoms. The van der Waals surface area contributed by atoms with Gasteiger partial charge in [-0.2, -0.15) is 37.2 Å². The molecule has 0 aliphatic heterocycles. The molecule has 9 heteroatoms. The van der Waals surface area contributed by atoms with E-state index < -0.39 is 40.9 Å². The van der Waals surface area contributed by atoms with Gasteiger partial charge in [0.15, 0.2) is 0 Å². The van der Waals surface area contributed by atoms with E-state index in [0.717, 1.165) is 14.7 Å². The number of hydrogen-bond acceptors (Lipinski definition) is 2. The van der Waals surface area contributed by atoms with Crippen molar-refractivity contribution in [3.63, 3.8) is 0 Å². The zero-order valence-corrected chi connectivity index (χ0v) is 16.6. The Morgan fingerprint density at radius 3 is 1.42 bits per heavy atom. The van der Waals surface area contributed by atoms with Crippen molar-refractivity contribution in [3.8, 4) is 5.75 Å². The van der Waals surface area contributed by atoms with Gasteiger partial charge in [0.05, 0.1) is 0 Å². The van der Waals surface area contributed by atoms with Crippen LogP contribution in [-0.4, -0.2) is 18.3 Å². The SMILES string of the molecule is O=C(Oc1ccc([SH](c2ccccc2)c2ccccc2)cc1)C(C(F)(F)F)C(F)(F)F. The number of carbonyl (C=O) groups excluding carboxylic acids is 1. The summed E-state index contributed by atoms with van der Waals surface area (Å²) in [6.07, 6.45) is -11.6. The predicted molar refractivity (Wildman–Crippen MR) is 104 cm³/mol. The van der Waals surface area contributed by atoms with Crippen LogP contribution in [0.25, 0.3) is 0 Å². The minimum absolute atomic E-state index is 0.400. The third-order valence-corrected chi connectivity index (χ3v) is 6.68. The van der Waals surface area contributed by atoms with Gasteiger partial charge >= 0.3 is 18.3 Å². The van der Waals surface area contributed by atoms with Crippen LogP contribution in [0.1, 0.15) is 0 Å². The van der Waals surface area contributed by atoms with Gasteiger partial charge in [-0.15, -0.1) is 0 Å². The summed E-state index contributed by atoms with van der Waals surface area (Å²) in [6.45, 7) is 0. The molecule has 0 aliphatic carbocycles. The predicted octanol–water partition coefficient (Wildman–Crippen LogP) is 6.81. The number of thiol groups is 1. The molecule has 2 nitrogen and oxygen atoms in total. The average molecular weight is 458 g/mol. The van der Waals surface area contributed by atoms with Crippen LogP contribution < -0.4 is 4.74 Å². The van der Waals surface area contributed by atoms with Crippen molar-refractivity contribution in [1.82, 2.24) is 0 Å². The number of ether oxygens (including phenoxy) is 1. The van der Waals surface area contributed by atoms with Gasteiger partial charge in [0.2, 0.25) is 5.92 Å². The van der Waals surface area contributed by atoms with Crippen molar-refractivity contribution >= 4 is 16.9 Å². The molecule has 0 radical (unpaired) electrons. The molecule has 0 N–H and O–H groups in total. The van der Waals surface area contributed by atoms with Crippen LogP contribution in [0, 0.1) is 5.92 Å². The molecule has 0 amide bonds. The molecule has 3 aromatic carbocycles. The second-order valence-electron chi connectivity index (χ2n) is 6.44. The number of alkyl halides is 6. The van der Waals surface area contributed by atoms with Crippen LogP contribution in [0.15, 0.2) is 99.6 Å². The fraction of sp³-hybridized carbons (Fsp3) is 0.136. The highest BCUT2D eigenvalue weighted by Crippen LogP contribution is 2.51. The fourth-order valence-electron chi connectivity index (χ4n) is 2.89. The summed E-state index contributed by atoms with van der Waals surface area (Å²) in [7, 11) is -1.03. The van der Waals surface area contributed by atoms with Crippen molar-refractivity contribution in [1.29, 1.82) is 0 Å². The van der Waals surface area contributed by atoms with E-state index in [1.807, 2.05) is 60.7 Å². The molecule has 0 saturated carbocycles. The lowest BCUT2D eigenvalue weighted by atomic mass is 10.1. The van der Waals surface area contributed by atoms with Gasteiger partial charge in [0.1, 0.15) is 5.75 Å². The third kappa shape index (κ3) is 5.61. The topological polar surface area (TPSA) is 26.3 Å². The summed E-state index contributed by atoms with van der Waals surface area (Å²) >= 11 is 0. The lowest BCUT2D eigenvalue weighted by Gasteiger charge is -2.24. The fourth-order valence-corrected chi connectivity index (χ4v) is 5.17. The first-order chi connectivity index (χ1) is 14.6. The minimum atomic E-state index is -5.80. The highest BCUT2D eigenvalue weighted by atomic mass is 32.2. The summed E-state index contributed by atoms with van der Waals surface area (Å²) < 4.78 is 80.6. The Morgan fingerprint density at radius 2 is 1.03 bits per heavy atom. The molecule has 0 fully saturated rings. The van der Waals surface area contributed by atoms with Crippen LogP contribution >= 0.6 is 10.9 Å². The zero-order valence-electron chi connectivity index (χ0n) is 15.7. The highest BCUT2D eigenvalue weighted by Gasteiger charge is 2.62. The Labute approximate surface area is 176 Å². The molecule has 0 aliphatic rings. The molecule has 3 rings (SSSR count). The summed E-state index contributed by atoms with van der Waals surface area (Å²) in [5.41, 5.74) is 0. The largest absolute Gasteiger partial charge is 0.426 e. The van der Waals surface area contributed by atoms with Crippen molar-refractivity contribution < 1.29 is 35.9 Å².